The summed E-state index contributed by atoms with van der Waals surface area (Å²) < 4.78 is 0. The molecule has 0 aliphatic heterocycles. The van der Waals surface area contributed by atoms with Crippen molar-refractivity contribution in [2.45, 2.75) is 20.3 Å². The Hall–Kier alpha value is -1.61. The van der Waals surface area contributed by atoms with Gasteiger partial charge < -0.3 is 5.32 Å². The van der Waals surface area contributed by atoms with Crippen LogP contribution in [-0.4, -0.2) is 16.5 Å². The summed E-state index contributed by atoms with van der Waals surface area (Å²) in [7, 11) is 0. The van der Waals surface area contributed by atoms with Crippen LogP contribution in [0.5, 0.6) is 0 Å². The van der Waals surface area contributed by atoms with Crippen LogP contribution in [0.15, 0.2) is 30.3 Å². The molecule has 1 aromatic carbocycles. The predicted octanol–water partition coefficient (Wildman–Crippen LogP) is 3.79. The van der Waals surface area contributed by atoms with Crippen molar-refractivity contribution in [2.75, 3.05) is 11.9 Å². The molecule has 0 unspecified atom stereocenters. The quantitative estimate of drug-likeness (QED) is 0.910. The van der Waals surface area contributed by atoms with Crippen LogP contribution in [0.3, 0.4) is 0 Å². The Labute approximate surface area is 112 Å². The molecule has 0 atom stereocenters. The number of halogens is 1. The van der Waals surface area contributed by atoms with Gasteiger partial charge in [0, 0.05) is 28.9 Å². The van der Waals surface area contributed by atoms with Gasteiger partial charge >= 0.3 is 0 Å². The lowest BCUT2D eigenvalue weighted by atomic mass is 10.2. The molecule has 1 N–H and O–H groups in total. The van der Waals surface area contributed by atoms with Crippen LogP contribution < -0.4 is 5.32 Å². The van der Waals surface area contributed by atoms with Crippen molar-refractivity contribution in [1.82, 2.24) is 9.97 Å². The van der Waals surface area contributed by atoms with Gasteiger partial charge in [-0.2, -0.15) is 0 Å². The molecule has 4 heteroatoms. The number of aryl methyl sites for hydroxylation is 1. The van der Waals surface area contributed by atoms with E-state index in [1.807, 2.05) is 30.3 Å². The zero-order chi connectivity index (χ0) is 13.0. The van der Waals surface area contributed by atoms with Crippen molar-refractivity contribution in [2.24, 2.45) is 0 Å². The molecule has 0 spiro atoms. The lowest BCUT2D eigenvalue weighted by Crippen LogP contribution is -2.03. The molecule has 0 saturated carbocycles. The first kappa shape index (κ1) is 12.8. The summed E-state index contributed by atoms with van der Waals surface area (Å²) in [6, 6.07) is 9.57. The third kappa shape index (κ3) is 2.99. The number of nitrogens with one attached hydrogen (secondary N) is 1. The van der Waals surface area contributed by atoms with Gasteiger partial charge in [-0.1, -0.05) is 18.5 Å². The molecule has 18 heavy (non-hydrogen) atoms. The van der Waals surface area contributed by atoms with Gasteiger partial charge in [0.1, 0.15) is 5.82 Å². The third-order valence-electron chi connectivity index (χ3n) is 2.60. The zero-order valence-electron chi connectivity index (χ0n) is 10.6. The van der Waals surface area contributed by atoms with Crippen molar-refractivity contribution < 1.29 is 0 Å². The monoisotopic (exact) mass is 261 g/mol. The maximum Gasteiger partial charge on any atom is 0.161 e. The summed E-state index contributed by atoms with van der Waals surface area (Å²) in [6.07, 6.45) is 0.890. The van der Waals surface area contributed by atoms with Crippen molar-refractivity contribution in [3.63, 3.8) is 0 Å². The molecule has 1 heterocycles. The van der Waals surface area contributed by atoms with E-state index in [9.17, 15) is 0 Å². The van der Waals surface area contributed by atoms with Crippen LogP contribution >= 0.6 is 11.6 Å². The average molecular weight is 262 g/mol. The smallest absolute Gasteiger partial charge is 0.161 e. The Balaban J connectivity index is 2.42. The second kappa shape index (κ2) is 5.83. The van der Waals surface area contributed by atoms with Crippen LogP contribution in [0.1, 0.15) is 19.5 Å². The van der Waals surface area contributed by atoms with Crippen molar-refractivity contribution in [3.8, 4) is 11.4 Å². The lowest BCUT2D eigenvalue weighted by molar-refractivity contribution is 0.998. The lowest BCUT2D eigenvalue weighted by Gasteiger charge is -2.08. The highest BCUT2D eigenvalue weighted by atomic mass is 35.5. The summed E-state index contributed by atoms with van der Waals surface area (Å²) in [5.41, 5.74) is 2.01. The van der Waals surface area contributed by atoms with Gasteiger partial charge in [-0.3, -0.25) is 0 Å². The minimum atomic E-state index is 0.720. The fraction of sp³-hybridized carbons (Fsp3) is 0.286. The van der Waals surface area contributed by atoms with Crippen LogP contribution in [0.4, 0.5) is 5.82 Å². The van der Waals surface area contributed by atoms with Crippen molar-refractivity contribution >= 4 is 17.4 Å². The summed E-state index contributed by atoms with van der Waals surface area (Å²) in [5, 5.41) is 3.95. The number of aromatic nitrogens is 2. The van der Waals surface area contributed by atoms with E-state index in [0.717, 1.165) is 40.9 Å². The number of anilines is 1. The van der Waals surface area contributed by atoms with E-state index in [4.69, 9.17) is 11.6 Å². The van der Waals surface area contributed by atoms with Gasteiger partial charge in [0.05, 0.1) is 0 Å². The molecule has 0 amide bonds. The molecule has 2 aromatic rings. The molecule has 94 valence electrons. The van der Waals surface area contributed by atoms with E-state index in [1.165, 1.54) is 0 Å². The number of rotatable bonds is 4. The summed E-state index contributed by atoms with van der Waals surface area (Å²) in [6.45, 7) is 4.99. The van der Waals surface area contributed by atoms with Gasteiger partial charge in [0.2, 0.25) is 0 Å². The summed E-state index contributed by atoms with van der Waals surface area (Å²) in [4.78, 5) is 9.05. The van der Waals surface area contributed by atoms with E-state index in [1.54, 1.807) is 0 Å². The molecule has 0 aliphatic carbocycles. The van der Waals surface area contributed by atoms with Crippen molar-refractivity contribution in [3.05, 3.63) is 41.0 Å². The molecule has 3 nitrogen and oxygen atoms in total. The summed E-state index contributed by atoms with van der Waals surface area (Å²) >= 11 is 5.89. The molecule has 0 saturated heterocycles. The largest absolute Gasteiger partial charge is 0.370 e. The Morgan fingerprint density at radius 1 is 1.11 bits per heavy atom. The SMILES string of the molecule is CCNc1cc(CC)nc(-c2ccc(Cl)cc2)n1. The first-order valence-electron chi connectivity index (χ1n) is 6.10. The minimum absolute atomic E-state index is 0.720. The fourth-order valence-electron chi connectivity index (χ4n) is 1.68. The Bertz CT molecular complexity index is 523. The van der Waals surface area contributed by atoms with Gasteiger partial charge in [0.15, 0.2) is 5.82 Å². The number of hydrogen-bond acceptors (Lipinski definition) is 3. The normalized spacial score (nSPS) is 10.4. The number of nitrogens with zero attached hydrogens (tertiary/aromatic N) is 2. The fourth-order valence-corrected chi connectivity index (χ4v) is 1.80. The maximum atomic E-state index is 5.89. The number of hydrogen-bond donors (Lipinski definition) is 1. The molecule has 1 aromatic heterocycles. The first-order valence-corrected chi connectivity index (χ1v) is 6.48. The van der Waals surface area contributed by atoms with Crippen LogP contribution in [0, 0.1) is 0 Å². The zero-order valence-corrected chi connectivity index (χ0v) is 11.3. The average Bonchev–Trinajstić information content (AvgIpc) is 2.39. The Kier molecular flexibility index (Phi) is 4.15. The highest BCUT2D eigenvalue weighted by molar-refractivity contribution is 6.30. The summed E-state index contributed by atoms with van der Waals surface area (Å²) in [5.74, 6) is 1.61. The van der Waals surface area contributed by atoms with Gasteiger partial charge in [-0.15, -0.1) is 0 Å². The highest BCUT2D eigenvalue weighted by Gasteiger charge is 2.05. The van der Waals surface area contributed by atoms with Gasteiger partial charge in [-0.05, 0) is 37.6 Å². The van der Waals surface area contributed by atoms with Crippen LogP contribution in [0.25, 0.3) is 11.4 Å². The Morgan fingerprint density at radius 3 is 2.44 bits per heavy atom. The predicted molar refractivity (Wildman–Crippen MR) is 76.0 cm³/mol. The maximum absolute atomic E-state index is 5.89. The van der Waals surface area contributed by atoms with Gasteiger partial charge in [-0.25, -0.2) is 9.97 Å². The van der Waals surface area contributed by atoms with Gasteiger partial charge in [0.25, 0.3) is 0 Å². The van der Waals surface area contributed by atoms with E-state index in [0.29, 0.717) is 0 Å². The molecule has 0 fully saturated rings. The molecule has 0 bridgehead atoms. The van der Waals surface area contributed by atoms with E-state index >= 15 is 0 Å². The second-order valence-corrected chi connectivity index (χ2v) is 4.40. The molecule has 2 rings (SSSR count). The van der Waals surface area contributed by atoms with E-state index in [-0.39, 0.29) is 0 Å². The second-order valence-electron chi connectivity index (χ2n) is 3.96. The molecule has 0 radical (unpaired) electrons. The first-order chi connectivity index (χ1) is 8.72. The topological polar surface area (TPSA) is 37.8 Å². The highest BCUT2D eigenvalue weighted by Crippen LogP contribution is 2.20. The van der Waals surface area contributed by atoms with Crippen LogP contribution in [0.2, 0.25) is 5.02 Å². The minimum Gasteiger partial charge on any atom is -0.370 e. The standard InChI is InChI=1S/C14H16ClN3/c1-3-12-9-13(16-4-2)18-14(17-12)10-5-7-11(15)8-6-10/h5-9H,3-4H2,1-2H3,(H,16,17,18). The molecular weight excluding hydrogens is 246 g/mol. The van der Waals surface area contributed by atoms with Crippen LogP contribution in [-0.2, 0) is 6.42 Å². The number of benzene rings is 1. The van der Waals surface area contributed by atoms with Crippen molar-refractivity contribution in [1.29, 1.82) is 0 Å². The Morgan fingerprint density at radius 2 is 1.83 bits per heavy atom. The molecule has 0 aliphatic rings. The van der Waals surface area contributed by atoms with E-state index < -0.39 is 0 Å². The molecular formula is C14H16ClN3. The van der Waals surface area contributed by atoms with E-state index in [2.05, 4.69) is 29.1 Å². The third-order valence-corrected chi connectivity index (χ3v) is 2.85.